The molecule has 0 bridgehead atoms. The molecule has 0 amide bonds. The Kier molecular flexibility index (Phi) is 4.07. The lowest BCUT2D eigenvalue weighted by atomic mass is 10.1. The zero-order chi connectivity index (χ0) is 12.3. The first-order valence-corrected chi connectivity index (χ1v) is 6.87. The Morgan fingerprint density at radius 2 is 2.24 bits per heavy atom. The second kappa shape index (κ2) is 5.56. The van der Waals surface area contributed by atoms with E-state index in [9.17, 15) is 0 Å². The Labute approximate surface area is 107 Å². The first-order valence-electron chi connectivity index (χ1n) is 5.88. The summed E-state index contributed by atoms with van der Waals surface area (Å²) in [6.07, 6.45) is 0. The van der Waals surface area contributed by atoms with Crippen LogP contribution in [0.1, 0.15) is 11.1 Å². The predicted molar refractivity (Wildman–Crippen MR) is 77.1 cm³/mol. The molecule has 4 heteroatoms. The number of rotatable bonds is 3. The molecule has 0 fully saturated rings. The molecule has 2 rings (SSSR count). The zero-order valence-corrected chi connectivity index (χ0v) is 11.4. The Balaban J connectivity index is 2.04. The van der Waals surface area contributed by atoms with Crippen molar-refractivity contribution >= 4 is 22.6 Å². The lowest BCUT2D eigenvalue weighted by Crippen LogP contribution is -2.22. The van der Waals surface area contributed by atoms with Crippen molar-refractivity contribution in [1.82, 2.24) is 5.32 Å². The minimum Gasteiger partial charge on any atom is -0.335 e. The van der Waals surface area contributed by atoms with Crippen molar-refractivity contribution < 1.29 is 0 Å². The second-order valence-electron chi connectivity index (χ2n) is 4.40. The van der Waals surface area contributed by atoms with Gasteiger partial charge in [-0.1, -0.05) is 29.5 Å². The average molecular weight is 249 g/mol. The van der Waals surface area contributed by atoms with Gasteiger partial charge in [-0.2, -0.15) is 0 Å². The van der Waals surface area contributed by atoms with Gasteiger partial charge in [0.15, 0.2) is 5.17 Å². The molecular formula is C13H19N3S. The molecule has 3 nitrogen and oxygen atoms in total. The van der Waals surface area contributed by atoms with E-state index in [1.54, 1.807) is 11.8 Å². The van der Waals surface area contributed by atoms with Crippen molar-refractivity contribution in [3.63, 3.8) is 0 Å². The zero-order valence-electron chi connectivity index (χ0n) is 10.6. The molecule has 1 aliphatic rings. The van der Waals surface area contributed by atoms with Gasteiger partial charge in [0.1, 0.15) is 0 Å². The first kappa shape index (κ1) is 12.5. The summed E-state index contributed by atoms with van der Waals surface area (Å²) >= 11 is 1.80. The number of thioether (sulfide) groups is 1. The van der Waals surface area contributed by atoms with Crippen LogP contribution < -0.4 is 10.6 Å². The summed E-state index contributed by atoms with van der Waals surface area (Å²) in [5.41, 5.74) is 3.72. The molecular weight excluding hydrogens is 230 g/mol. The molecule has 0 saturated carbocycles. The maximum absolute atomic E-state index is 4.64. The van der Waals surface area contributed by atoms with E-state index < -0.39 is 0 Å². The SMILES string of the molecule is CNCC1CSC(Nc2ccc(C)cc2C)=N1. The van der Waals surface area contributed by atoms with Gasteiger partial charge in [0.25, 0.3) is 0 Å². The normalized spacial score (nSPS) is 19.2. The summed E-state index contributed by atoms with van der Waals surface area (Å²) in [5, 5.41) is 7.61. The van der Waals surface area contributed by atoms with E-state index in [1.807, 2.05) is 7.05 Å². The van der Waals surface area contributed by atoms with Crippen LogP contribution in [-0.2, 0) is 0 Å². The molecule has 0 saturated heterocycles. The first-order chi connectivity index (χ1) is 8.19. The highest BCUT2D eigenvalue weighted by Gasteiger charge is 2.17. The van der Waals surface area contributed by atoms with Crippen molar-refractivity contribution in [2.45, 2.75) is 19.9 Å². The fourth-order valence-electron chi connectivity index (χ4n) is 1.89. The average Bonchev–Trinajstić information content (AvgIpc) is 2.71. The number of hydrogen-bond donors (Lipinski definition) is 2. The largest absolute Gasteiger partial charge is 0.335 e. The maximum atomic E-state index is 4.64. The van der Waals surface area contributed by atoms with Crippen LogP contribution in [0.3, 0.4) is 0 Å². The molecule has 1 aliphatic heterocycles. The summed E-state index contributed by atoms with van der Waals surface area (Å²) in [4.78, 5) is 4.64. The van der Waals surface area contributed by atoms with Crippen molar-refractivity contribution in [1.29, 1.82) is 0 Å². The van der Waals surface area contributed by atoms with Crippen LogP contribution in [-0.4, -0.2) is 30.6 Å². The number of nitrogens with one attached hydrogen (secondary N) is 2. The Bertz CT molecular complexity index is 429. The molecule has 1 heterocycles. The molecule has 1 aromatic carbocycles. The Morgan fingerprint density at radius 3 is 2.94 bits per heavy atom. The standard InChI is InChI=1S/C13H19N3S/c1-9-4-5-12(10(2)6-9)16-13-15-11(7-14-3)8-17-13/h4-6,11,14H,7-8H2,1-3H3,(H,15,16). The lowest BCUT2D eigenvalue weighted by Gasteiger charge is -2.09. The summed E-state index contributed by atoms with van der Waals surface area (Å²) < 4.78 is 0. The third-order valence-electron chi connectivity index (χ3n) is 2.78. The van der Waals surface area contributed by atoms with Gasteiger partial charge in [-0.25, -0.2) is 0 Å². The van der Waals surface area contributed by atoms with Crippen LogP contribution in [0.5, 0.6) is 0 Å². The molecule has 92 valence electrons. The van der Waals surface area contributed by atoms with Gasteiger partial charge in [0, 0.05) is 18.0 Å². The van der Waals surface area contributed by atoms with Crippen LogP contribution in [0.15, 0.2) is 23.2 Å². The number of anilines is 1. The molecule has 0 aromatic heterocycles. The van der Waals surface area contributed by atoms with E-state index in [0.29, 0.717) is 6.04 Å². The molecule has 0 aliphatic carbocycles. The van der Waals surface area contributed by atoms with Crippen LogP contribution >= 0.6 is 11.8 Å². The number of aliphatic imine (C=N–C) groups is 1. The highest BCUT2D eigenvalue weighted by Crippen LogP contribution is 2.22. The monoisotopic (exact) mass is 249 g/mol. The van der Waals surface area contributed by atoms with E-state index >= 15 is 0 Å². The molecule has 1 unspecified atom stereocenters. The number of amidine groups is 1. The highest BCUT2D eigenvalue weighted by molar-refractivity contribution is 8.14. The molecule has 0 spiro atoms. The van der Waals surface area contributed by atoms with Crippen molar-refractivity contribution in [3.05, 3.63) is 29.3 Å². The number of benzene rings is 1. The van der Waals surface area contributed by atoms with E-state index in [2.05, 4.69) is 47.7 Å². The van der Waals surface area contributed by atoms with Gasteiger partial charge >= 0.3 is 0 Å². The summed E-state index contributed by atoms with van der Waals surface area (Å²) in [6, 6.07) is 6.84. The maximum Gasteiger partial charge on any atom is 0.161 e. The van der Waals surface area contributed by atoms with E-state index in [1.165, 1.54) is 11.1 Å². The van der Waals surface area contributed by atoms with Gasteiger partial charge in [-0.15, -0.1) is 0 Å². The fraction of sp³-hybridized carbons (Fsp3) is 0.462. The molecule has 1 atom stereocenters. The van der Waals surface area contributed by atoms with E-state index in [0.717, 1.165) is 23.2 Å². The third-order valence-corrected chi connectivity index (χ3v) is 3.81. The van der Waals surface area contributed by atoms with Crippen LogP contribution in [0, 0.1) is 13.8 Å². The van der Waals surface area contributed by atoms with Gasteiger partial charge in [-0.3, -0.25) is 4.99 Å². The summed E-state index contributed by atoms with van der Waals surface area (Å²) in [7, 11) is 1.97. The second-order valence-corrected chi connectivity index (χ2v) is 5.41. The van der Waals surface area contributed by atoms with E-state index in [-0.39, 0.29) is 0 Å². The minimum atomic E-state index is 0.401. The van der Waals surface area contributed by atoms with Gasteiger partial charge in [0.05, 0.1) is 6.04 Å². The smallest absolute Gasteiger partial charge is 0.161 e. The third kappa shape index (κ3) is 3.23. The molecule has 17 heavy (non-hydrogen) atoms. The predicted octanol–water partition coefficient (Wildman–Crippen LogP) is 2.41. The van der Waals surface area contributed by atoms with Crippen molar-refractivity contribution in [3.8, 4) is 0 Å². The van der Waals surface area contributed by atoms with E-state index in [4.69, 9.17) is 0 Å². The number of aryl methyl sites for hydroxylation is 2. The molecule has 1 aromatic rings. The highest BCUT2D eigenvalue weighted by atomic mass is 32.2. The quantitative estimate of drug-likeness (QED) is 0.863. The minimum absolute atomic E-state index is 0.401. The van der Waals surface area contributed by atoms with Gasteiger partial charge in [0.2, 0.25) is 0 Å². The van der Waals surface area contributed by atoms with Gasteiger partial charge < -0.3 is 10.6 Å². The topological polar surface area (TPSA) is 36.4 Å². The van der Waals surface area contributed by atoms with Crippen molar-refractivity contribution in [2.24, 2.45) is 4.99 Å². The number of hydrogen-bond acceptors (Lipinski definition) is 4. The molecule has 0 radical (unpaired) electrons. The number of likely N-dealkylation sites (N-methyl/N-ethyl adjacent to an activating group) is 1. The van der Waals surface area contributed by atoms with Crippen LogP contribution in [0.2, 0.25) is 0 Å². The number of nitrogens with zero attached hydrogens (tertiary/aromatic N) is 1. The van der Waals surface area contributed by atoms with Crippen LogP contribution in [0.4, 0.5) is 5.69 Å². The fourth-order valence-corrected chi connectivity index (χ4v) is 2.84. The van der Waals surface area contributed by atoms with Gasteiger partial charge in [-0.05, 0) is 32.5 Å². The Hall–Kier alpha value is -1.00. The summed E-state index contributed by atoms with van der Waals surface area (Å²) in [6.45, 7) is 5.19. The lowest BCUT2D eigenvalue weighted by molar-refractivity contribution is 0.682. The molecule has 2 N–H and O–H groups in total. The summed E-state index contributed by atoms with van der Waals surface area (Å²) in [5.74, 6) is 1.06. The Morgan fingerprint density at radius 1 is 1.41 bits per heavy atom. The van der Waals surface area contributed by atoms with Crippen LogP contribution in [0.25, 0.3) is 0 Å². The van der Waals surface area contributed by atoms with Crippen molar-refractivity contribution in [2.75, 3.05) is 24.7 Å².